The van der Waals surface area contributed by atoms with Crippen molar-refractivity contribution in [2.45, 2.75) is 26.9 Å². The lowest BCUT2D eigenvalue weighted by atomic mass is 10.4. The Morgan fingerprint density at radius 3 is 2.89 bits per heavy atom. The minimum absolute atomic E-state index is 0.0988. The molecule has 0 spiro atoms. The largest absolute Gasteiger partial charge is 0.441 e. The molecule has 92 valence electrons. The predicted molar refractivity (Wildman–Crippen MR) is 60.7 cm³/mol. The Hall–Kier alpha value is -2.49. The summed E-state index contributed by atoms with van der Waals surface area (Å²) in [6.45, 7) is 5.14. The summed E-state index contributed by atoms with van der Waals surface area (Å²) in [4.78, 5) is 19.8. The van der Waals surface area contributed by atoms with Gasteiger partial charge in [-0.15, -0.1) is 5.10 Å². The fraction of sp³-hybridized carbons (Fsp3) is 0.364. The summed E-state index contributed by atoms with van der Waals surface area (Å²) < 4.78 is 6.28. The van der Waals surface area contributed by atoms with Crippen LogP contribution in [0.3, 0.4) is 0 Å². The van der Waals surface area contributed by atoms with Crippen molar-refractivity contribution in [1.29, 1.82) is 5.26 Å². The molecule has 7 nitrogen and oxygen atoms in total. The third kappa shape index (κ3) is 2.13. The molecule has 0 aliphatic carbocycles. The van der Waals surface area contributed by atoms with E-state index < -0.39 is 12.1 Å². The summed E-state index contributed by atoms with van der Waals surface area (Å²) in [7, 11) is 0. The fourth-order valence-corrected chi connectivity index (χ4v) is 1.49. The molecule has 0 amide bonds. The van der Waals surface area contributed by atoms with Crippen LogP contribution >= 0.6 is 0 Å². The third-order valence-electron chi connectivity index (χ3n) is 2.27. The number of fused-ring (bicyclic) bond motifs is 1. The van der Waals surface area contributed by atoms with Crippen LogP contribution in [0.4, 0.5) is 0 Å². The molecule has 0 saturated carbocycles. The highest BCUT2D eigenvalue weighted by atomic mass is 16.5. The zero-order valence-electron chi connectivity index (χ0n) is 10.2. The molecule has 0 N–H and O–H groups in total. The summed E-state index contributed by atoms with van der Waals surface area (Å²) in [6, 6.07) is 3.63. The van der Waals surface area contributed by atoms with Crippen LogP contribution in [-0.4, -0.2) is 31.7 Å². The number of hydrogen-bond acceptors (Lipinski definition) is 6. The Morgan fingerprint density at radius 2 is 2.22 bits per heavy atom. The molecular formula is C11H11N5O2. The quantitative estimate of drug-likeness (QED) is 0.727. The van der Waals surface area contributed by atoms with Crippen LogP contribution in [0.5, 0.6) is 0 Å². The Balaban J connectivity index is 2.39. The van der Waals surface area contributed by atoms with Gasteiger partial charge >= 0.3 is 5.97 Å². The first-order chi connectivity index (χ1) is 8.51. The van der Waals surface area contributed by atoms with Gasteiger partial charge in [0.05, 0.1) is 0 Å². The summed E-state index contributed by atoms with van der Waals surface area (Å²) >= 11 is 0. The van der Waals surface area contributed by atoms with Gasteiger partial charge < -0.3 is 4.74 Å². The van der Waals surface area contributed by atoms with Crippen molar-refractivity contribution in [1.82, 2.24) is 19.6 Å². The zero-order chi connectivity index (χ0) is 13.3. The molecule has 1 atom stereocenters. The molecule has 0 bridgehead atoms. The van der Waals surface area contributed by atoms with Gasteiger partial charge in [-0.1, -0.05) is 0 Å². The molecule has 2 heterocycles. The maximum absolute atomic E-state index is 11.6. The number of esters is 1. The molecule has 0 aromatic carbocycles. The van der Waals surface area contributed by atoms with E-state index in [9.17, 15) is 4.79 Å². The van der Waals surface area contributed by atoms with Gasteiger partial charge in [-0.3, -0.25) is 0 Å². The first kappa shape index (κ1) is 12.0. The number of carbonyl (C=O) groups excluding carboxylic acids is 1. The van der Waals surface area contributed by atoms with Crippen molar-refractivity contribution < 1.29 is 9.53 Å². The van der Waals surface area contributed by atoms with Gasteiger partial charge in [0, 0.05) is 11.4 Å². The normalized spacial score (nSPS) is 12.1. The molecule has 0 unspecified atom stereocenters. The second kappa shape index (κ2) is 4.41. The number of nitriles is 1. The second-order valence-electron chi connectivity index (χ2n) is 3.86. The maximum atomic E-state index is 11.6. The molecule has 18 heavy (non-hydrogen) atoms. The number of ether oxygens (including phenoxy) is 1. The lowest BCUT2D eigenvalue weighted by molar-refractivity contribution is 0.0421. The summed E-state index contributed by atoms with van der Waals surface area (Å²) in [6.07, 6.45) is -0.833. The zero-order valence-corrected chi connectivity index (χ0v) is 10.2. The first-order valence-electron chi connectivity index (χ1n) is 5.33. The molecule has 2 rings (SSSR count). The number of aryl methyl sites for hydroxylation is 2. The topological polar surface area (TPSA) is 93.2 Å². The van der Waals surface area contributed by atoms with Crippen molar-refractivity contribution in [2.24, 2.45) is 0 Å². The highest BCUT2D eigenvalue weighted by molar-refractivity contribution is 5.85. The average Bonchev–Trinajstić information content (AvgIpc) is 2.72. The number of hydrogen-bond donors (Lipinski definition) is 0. The lowest BCUT2D eigenvalue weighted by Crippen LogP contribution is -2.14. The molecule has 7 heteroatoms. The number of carbonyl (C=O) groups is 1. The van der Waals surface area contributed by atoms with Gasteiger partial charge in [0.15, 0.2) is 6.10 Å². The number of rotatable bonds is 2. The van der Waals surface area contributed by atoms with Crippen molar-refractivity contribution in [2.75, 3.05) is 0 Å². The van der Waals surface area contributed by atoms with Crippen molar-refractivity contribution in [3.05, 3.63) is 23.3 Å². The molecule has 0 aliphatic heterocycles. The molecule has 0 saturated heterocycles. The van der Waals surface area contributed by atoms with Gasteiger partial charge in [0.1, 0.15) is 6.07 Å². The van der Waals surface area contributed by atoms with Gasteiger partial charge in [-0.05, 0) is 26.8 Å². The summed E-state index contributed by atoms with van der Waals surface area (Å²) in [5.74, 6) is -0.492. The first-order valence-corrected chi connectivity index (χ1v) is 5.33. The standard InChI is InChI=1S/C11H11N5O2/c1-6-4-7(2)16-11(13-6)14-9(15-16)10(17)18-8(3)5-12/h4,8H,1-3H3/t8-/m0/s1. The van der Waals surface area contributed by atoms with E-state index in [1.54, 1.807) is 6.07 Å². The molecule has 0 radical (unpaired) electrons. The smallest absolute Gasteiger partial charge is 0.379 e. The van der Waals surface area contributed by atoms with Gasteiger partial charge in [-0.25, -0.2) is 14.3 Å². The van der Waals surface area contributed by atoms with E-state index in [1.165, 1.54) is 11.4 Å². The van der Waals surface area contributed by atoms with E-state index >= 15 is 0 Å². The van der Waals surface area contributed by atoms with Crippen LogP contribution in [0.2, 0.25) is 0 Å². The van der Waals surface area contributed by atoms with Crippen LogP contribution < -0.4 is 0 Å². The minimum atomic E-state index is -0.833. The minimum Gasteiger partial charge on any atom is -0.441 e. The van der Waals surface area contributed by atoms with E-state index in [0.29, 0.717) is 5.78 Å². The van der Waals surface area contributed by atoms with Crippen LogP contribution in [0.15, 0.2) is 6.07 Å². The van der Waals surface area contributed by atoms with Crippen LogP contribution in [0.1, 0.15) is 28.9 Å². The molecule has 0 aliphatic rings. The van der Waals surface area contributed by atoms with Crippen LogP contribution in [-0.2, 0) is 4.74 Å². The van der Waals surface area contributed by atoms with Gasteiger partial charge in [0.25, 0.3) is 11.6 Å². The highest BCUT2D eigenvalue weighted by Gasteiger charge is 2.18. The van der Waals surface area contributed by atoms with Crippen LogP contribution in [0, 0.1) is 25.2 Å². The van der Waals surface area contributed by atoms with E-state index in [4.69, 9.17) is 10.00 Å². The average molecular weight is 245 g/mol. The Morgan fingerprint density at radius 1 is 1.50 bits per heavy atom. The van der Waals surface area contributed by atoms with E-state index in [-0.39, 0.29) is 5.82 Å². The number of aromatic nitrogens is 4. The van der Waals surface area contributed by atoms with Crippen LogP contribution in [0.25, 0.3) is 5.78 Å². The summed E-state index contributed by atoms with van der Waals surface area (Å²) in [5, 5.41) is 12.6. The monoisotopic (exact) mass is 245 g/mol. The van der Waals surface area contributed by atoms with Crippen molar-refractivity contribution in [3.63, 3.8) is 0 Å². The lowest BCUT2D eigenvalue weighted by Gasteiger charge is -2.01. The van der Waals surface area contributed by atoms with Gasteiger partial charge in [-0.2, -0.15) is 10.2 Å². The Labute approximate surface area is 103 Å². The summed E-state index contributed by atoms with van der Waals surface area (Å²) in [5.41, 5.74) is 1.61. The van der Waals surface area contributed by atoms with E-state index in [2.05, 4.69) is 15.1 Å². The second-order valence-corrected chi connectivity index (χ2v) is 3.86. The van der Waals surface area contributed by atoms with Crippen molar-refractivity contribution in [3.8, 4) is 6.07 Å². The maximum Gasteiger partial charge on any atom is 0.379 e. The van der Waals surface area contributed by atoms with E-state index in [0.717, 1.165) is 11.4 Å². The molecule has 2 aromatic rings. The Bertz CT molecular complexity index is 655. The van der Waals surface area contributed by atoms with Crippen molar-refractivity contribution >= 4 is 11.7 Å². The fourth-order valence-electron chi connectivity index (χ4n) is 1.49. The van der Waals surface area contributed by atoms with Gasteiger partial charge in [0.2, 0.25) is 0 Å². The third-order valence-corrected chi connectivity index (χ3v) is 2.27. The predicted octanol–water partition coefficient (Wildman–Crippen LogP) is 0.810. The Kier molecular flexibility index (Phi) is 2.93. The molecule has 0 fully saturated rings. The van der Waals surface area contributed by atoms with E-state index in [1.807, 2.05) is 19.9 Å². The molecule has 2 aromatic heterocycles. The highest BCUT2D eigenvalue weighted by Crippen LogP contribution is 2.06. The number of nitrogens with zero attached hydrogens (tertiary/aromatic N) is 5. The molecular weight excluding hydrogens is 234 g/mol. The SMILES string of the molecule is Cc1cc(C)n2nc(C(=O)O[C@@H](C)C#N)nc2n1.